The Morgan fingerprint density at radius 3 is 2.58 bits per heavy atom. The van der Waals surface area contributed by atoms with Gasteiger partial charge in [0, 0.05) is 18.8 Å². The lowest BCUT2D eigenvalue weighted by Crippen LogP contribution is -2.35. The van der Waals surface area contributed by atoms with E-state index < -0.39 is 10.0 Å². The van der Waals surface area contributed by atoms with Crippen LogP contribution in [0.5, 0.6) is 0 Å². The molecule has 0 aliphatic carbocycles. The summed E-state index contributed by atoms with van der Waals surface area (Å²) in [6.45, 7) is 1.03. The highest BCUT2D eigenvalue weighted by Gasteiger charge is 2.19. The lowest BCUT2D eigenvalue weighted by Gasteiger charge is -2.22. The van der Waals surface area contributed by atoms with E-state index in [-0.39, 0.29) is 11.0 Å². The van der Waals surface area contributed by atoms with Gasteiger partial charge in [-0.15, -0.1) is 0 Å². The molecule has 1 aromatic carbocycles. The molecule has 2 rings (SSSR count). The van der Waals surface area contributed by atoms with Crippen molar-refractivity contribution in [1.29, 1.82) is 0 Å². The zero-order valence-electron chi connectivity index (χ0n) is 10.6. The minimum absolute atomic E-state index is 0.0199. The highest BCUT2D eigenvalue weighted by Crippen LogP contribution is 2.15. The van der Waals surface area contributed by atoms with Crippen molar-refractivity contribution in [3.05, 3.63) is 24.3 Å². The van der Waals surface area contributed by atoms with Crippen molar-refractivity contribution >= 4 is 15.7 Å². The molecule has 0 aromatic heterocycles. The minimum atomic E-state index is -3.48. The van der Waals surface area contributed by atoms with Gasteiger partial charge in [-0.1, -0.05) is 0 Å². The van der Waals surface area contributed by atoms with Crippen LogP contribution in [0.15, 0.2) is 29.2 Å². The van der Waals surface area contributed by atoms with Crippen LogP contribution in [0.2, 0.25) is 0 Å². The summed E-state index contributed by atoms with van der Waals surface area (Å²) >= 11 is 0. The maximum atomic E-state index is 12.1. The van der Waals surface area contributed by atoms with Gasteiger partial charge >= 0.3 is 0 Å². The third-order valence-electron chi connectivity index (χ3n) is 3.11. The van der Waals surface area contributed by atoms with E-state index in [1.54, 1.807) is 12.1 Å². The third kappa shape index (κ3) is 3.90. The molecule has 106 valence electrons. The first-order valence-electron chi connectivity index (χ1n) is 6.30. The van der Waals surface area contributed by atoms with Crippen LogP contribution in [-0.2, 0) is 14.8 Å². The van der Waals surface area contributed by atoms with Gasteiger partial charge in [0.25, 0.3) is 0 Å². The van der Waals surface area contributed by atoms with Gasteiger partial charge in [-0.3, -0.25) is 5.84 Å². The summed E-state index contributed by atoms with van der Waals surface area (Å²) < 4.78 is 32.2. The molecule has 1 aromatic rings. The molecule has 1 saturated heterocycles. The summed E-state index contributed by atoms with van der Waals surface area (Å²) in [7, 11) is -3.48. The number of hydrogen-bond acceptors (Lipinski definition) is 5. The molecule has 4 N–H and O–H groups in total. The SMILES string of the molecule is NNc1ccc(S(=O)(=O)NCC2CCCCO2)cc1. The van der Waals surface area contributed by atoms with E-state index in [1.165, 1.54) is 12.1 Å². The number of hydrogen-bond donors (Lipinski definition) is 3. The smallest absolute Gasteiger partial charge is 0.240 e. The number of hydrazine groups is 1. The van der Waals surface area contributed by atoms with E-state index in [2.05, 4.69) is 10.1 Å². The maximum Gasteiger partial charge on any atom is 0.240 e. The van der Waals surface area contributed by atoms with Crippen molar-refractivity contribution in [2.24, 2.45) is 5.84 Å². The molecule has 19 heavy (non-hydrogen) atoms. The van der Waals surface area contributed by atoms with Crippen LogP contribution in [0, 0.1) is 0 Å². The van der Waals surface area contributed by atoms with Crippen LogP contribution in [0.3, 0.4) is 0 Å². The number of anilines is 1. The molecule has 7 heteroatoms. The zero-order valence-corrected chi connectivity index (χ0v) is 11.4. The van der Waals surface area contributed by atoms with Crippen molar-refractivity contribution in [3.63, 3.8) is 0 Å². The summed E-state index contributed by atoms with van der Waals surface area (Å²) in [4.78, 5) is 0.224. The molecule has 0 saturated carbocycles. The summed E-state index contributed by atoms with van der Waals surface area (Å²) in [6, 6.07) is 6.26. The molecule has 1 aliphatic rings. The van der Waals surface area contributed by atoms with Crippen molar-refractivity contribution < 1.29 is 13.2 Å². The molecule has 1 unspecified atom stereocenters. The van der Waals surface area contributed by atoms with Crippen LogP contribution in [0.1, 0.15) is 19.3 Å². The van der Waals surface area contributed by atoms with E-state index in [0.29, 0.717) is 18.8 Å². The quantitative estimate of drug-likeness (QED) is 0.550. The number of nitrogens with two attached hydrogens (primary N) is 1. The molecule has 1 aliphatic heterocycles. The Labute approximate surface area is 113 Å². The first-order valence-corrected chi connectivity index (χ1v) is 7.78. The number of nitrogen functional groups attached to an aromatic ring is 1. The van der Waals surface area contributed by atoms with E-state index in [9.17, 15) is 8.42 Å². The van der Waals surface area contributed by atoms with Crippen LogP contribution >= 0.6 is 0 Å². The fourth-order valence-corrected chi connectivity index (χ4v) is 3.05. The van der Waals surface area contributed by atoms with Gasteiger partial charge in [-0.05, 0) is 43.5 Å². The predicted octanol–water partition coefficient (Wildman–Crippen LogP) is 0.820. The average molecular weight is 285 g/mol. The van der Waals surface area contributed by atoms with E-state index in [4.69, 9.17) is 10.6 Å². The first kappa shape index (κ1) is 14.3. The van der Waals surface area contributed by atoms with Gasteiger partial charge < -0.3 is 10.2 Å². The Morgan fingerprint density at radius 1 is 1.26 bits per heavy atom. The molecule has 1 heterocycles. The number of benzene rings is 1. The fraction of sp³-hybridized carbons (Fsp3) is 0.500. The van der Waals surface area contributed by atoms with E-state index >= 15 is 0 Å². The van der Waals surface area contributed by atoms with E-state index in [0.717, 1.165) is 19.3 Å². The summed E-state index contributed by atoms with van der Waals surface area (Å²) in [5.41, 5.74) is 3.12. The maximum absolute atomic E-state index is 12.1. The molecular weight excluding hydrogens is 266 g/mol. The predicted molar refractivity (Wildman–Crippen MR) is 73.0 cm³/mol. The van der Waals surface area contributed by atoms with Gasteiger partial charge in [0.1, 0.15) is 0 Å². The molecule has 0 radical (unpaired) electrons. The summed E-state index contributed by atoms with van der Waals surface area (Å²) in [6.07, 6.45) is 3.02. The number of nitrogens with one attached hydrogen (secondary N) is 2. The highest BCUT2D eigenvalue weighted by molar-refractivity contribution is 7.89. The largest absolute Gasteiger partial charge is 0.377 e. The van der Waals surface area contributed by atoms with Crippen LogP contribution in [-0.4, -0.2) is 27.7 Å². The van der Waals surface area contributed by atoms with Crippen molar-refractivity contribution in [2.75, 3.05) is 18.6 Å². The molecular formula is C12H19N3O3S. The van der Waals surface area contributed by atoms with Crippen molar-refractivity contribution in [2.45, 2.75) is 30.3 Å². The topological polar surface area (TPSA) is 93.5 Å². The summed E-state index contributed by atoms with van der Waals surface area (Å²) in [5, 5.41) is 0. The van der Waals surface area contributed by atoms with Crippen molar-refractivity contribution in [1.82, 2.24) is 4.72 Å². The van der Waals surface area contributed by atoms with E-state index in [1.807, 2.05) is 0 Å². The molecule has 0 amide bonds. The zero-order chi connectivity index (χ0) is 13.7. The minimum Gasteiger partial charge on any atom is -0.377 e. The Kier molecular flexibility index (Phi) is 4.76. The number of ether oxygens (including phenoxy) is 1. The number of sulfonamides is 1. The summed E-state index contributed by atoms with van der Waals surface area (Å²) in [5.74, 6) is 5.23. The van der Waals surface area contributed by atoms with Crippen LogP contribution in [0.25, 0.3) is 0 Å². The Morgan fingerprint density at radius 2 is 2.00 bits per heavy atom. The van der Waals surface area contributed by atoms with Crippen LogP contribution < -0.4 is 16.0 Å². The molecule has 0 spiro atoms. The molecule has 1 atom stereocenters. The second-order valence-electron chi connectivity index (χ2n) is 4.51. The fourth-order valence-electron chi connectivity index (χ4n) is 1.98. The highest BCUT2D eigenvalue weighted by atomic mass is 32.2. The number of rotatable bonds is 5. The normalized spacial score (nSPS) is 20.2. The molecule has 0 bridgehead atoms. The average Bonchev–Trinajstić information content (AvgIpc) is 2.46. The van der Waals surface area contributed by atoms with Crippen LogP contribution in [0.4, 0.5) is 5.69 Å². The van der Waals surface area contributed by atoms with Gasteiger partial charge in [-0.25, -0.2) is 13.1 Å². The molecule has 6 nitrogen and oxygen atoms in total. The first-order chi connectivity index (χ1) is 9.12. The Hall–Kier alpha value is -1.15. The standard InChI is InChI=1S/C12H19N3O3S/c13-15-10-4-6-12(7-5-10)19(16,17)14-9-11-3-1-2-8-18-11/h4-7,11,14-15H,1-3,8-9,13H2. The van der Waals surface area contributed by atoms with Gasteiger partial charge in [0.15, 0.2) is 0 Å². The second kappa shape index (κ2) is 6.33. The Balaban J connectivity index is 1.96. The lowest BCUT2D eigenvalue weighted by molar-refractivity contribution is 0.0200. The van der Waals surface area contributed by atoms with Gasteiger partial charge in [0.05, 0.1) is 11.0 Å². The third-order valence-corrected chi connectivity index (χ3v) is 4.55. The second-order valence-corrected chi connectivity index (χ2v) is 6.28. The van der Waals surface area contributed by atoms with Crippen molar-refractivity contribution in [3.8, 4) is 0 Å². The van der Waals surface area contributed by atoms with Gasteiger partial charge in [-0.2, -0.15) is 0 Å². The van der Waals surface area contributed by atoms with Gasteiger partial charge in [0.2, 0.25) is 10.0 Å². The molecule has 1 fully saturated rings. The lowest BCUT2D eigenvalue weighted by atomic mass is 10.1. The monoisotopic (exact) mass is 285 g/mol. The Bertz CT molecular complexity index is 495.